The molecule has 1 aromatic carbocycles. The second-order valence-electron chi connectivity index (χ2n) is 4.73. The minimum atomic E-state index is 0.162. The van der Waals surface area contributed by atoms with Crippen molar-refractivity contribution in [2.24, 2.45) is 5.73 Å². The third-order valence-corrected chi connectivity index (χ3v) is 3.05. The van der Waals surface area contributed by atoms with Crippen LogP contribution in [-0.4, -0.2) is 25.2 Å². The highest BCUT2D eigenvalue weighted by Gasteiger charge is 2.12. The van der Waals surface area contributed by atoms with Crippen molar-refractivity contribution in [2.45, 2.75) is 45.3 Å². The average Bonchev–Trinajstić information content (AvgIpc) is 2.29. The third-order valence-electron chi connectivity index (χ3n) is 3.05. The molecule has 0 amide bonds. The van der Waals surface area contributed by atoms with Crippen molar-refractivity contribution in [3.8, 4) is 5.75 Å². The third kappa shape index (κ3) is 4.36. The monoisotopic (exact) mass is 236 g/mol. The number of para-hydroxylation sites is 1. The molecule has 3 N–H and O–H groups in total. The van der Waals surface area contributed by atoms with Gasteiger partial charge in [-0.1, -0.05) is 18.2 Å². The number of benzene rings is 1. The van der Waals surface area contributed by atoms with E-state index in [1.807, 2.05) is 25.1 Å². The van der Waals surface area contributed by atoms with E-state index < -0.39 is 0 Å². The number of nitrogens with two attached hydrogens (primary N) is 1. The van der Waals surface area contributed by atoms with Gasteiger partial charge in [0.05, 0.1) is 7.11 Å². The topological polar surface area (TPSA) is 47.3 Å². The van der Waals surface area contributed by atoms with E-state index in [0.29, 0.717) is 12.1 Å². The highest BCUT2D eigenvalue weighted by molar-refractivity contribution is 5.33. The molecule has 0 radical (unpaired) electrons. The second-order valence-corrected chi connectivity index (χ2v) is 4.73. The highest BCUT2D eigenvalue weighted by atomic mass is 16.5. The van der Waals surface area contributed by atoms with Crippen LogP contribution in [0.4, 0.5) is 0 Å². The van der Waals surface area contributed by atoms with E-state index in [0.717, 1.165) is 12.2 Å². The summed E-state index contributed by atoms with van der Waals surface area (Å²) in [4.78, 5) is 0. The van der Waals surface area contributed by atoms with Crippen molar-refractivity contribution in [3.63, 3.8) is 0 Å². The summed E-state index contributed by atoms with van der Waals surface area (Å²) in [6.45, 7) is 6.31. The first-order chi connectivity index (χ1) is 8.04. The predicted octanol–water partition coefficient (Wildman–Crippen LogP) is 1.95. The summed E-state index contributed by atoms with van der Waals surface area (Å²) in [6, 6.07) is 9.00. The van der Waals surface area contributed by atoms with Gasteiger partial charge in [0.2, 0.25) is 0 Å². The molecule has 0 spiro atoms. The number of hydrogen-bond donors (Lipinski definition) is 2. The predicted molar refractivity (Wildman–Crippen MR) is 72.4 cm³/mol. The molecule has 0 fully saturated rings. The number of nitrogens with one attached hydrogen (secondary N) is 1. The summed E-state index contributed by atoms with van der Waals surface area (Å²) in [7, 11) is 1.71. The number of hydrogen-bond acceptors (Lipinski definition) is 3. The first kappa shape index (κ1) is 14.0. The minimum absolute atomic E-state index is 0.162. The second kappa shape index (κ2) is 6.62. The van der Waals surface area contributed by atoms with Gasteiger partial charge in [-0.25, -0.2) is 0 Å². The molecular weight excluding hydrogens is 212 g/mol. The SMILES string of the molecule is COc1ccccc1CC(C)NC(C)C(C)N. The molecule has 0 aromatic heterocycles. The Labute approximate surface area is 104 Å². The van der Waals surface area contributed by atoms with Gasteiger partial charge in [-0.2, -0.15) is 0 Å². The highest BCUT2D eigenvalue weighted by Crippen LogP contribution is 2.18. The summed E-state index contributed by atoms with van der Waals surface area (Å²) in [5, 5.41) is 3.50. The molecule has 0 heterocycles. The summed E-state index contributed by atoms with van der Waals surface area (Å²) < 4.78 is 5.35. The number of ether oxygens (including phenoxy) is 1. The van der Waals surface area contributed by atoms with Crippen molar-refractivity contribution in [1.82, 2.24) is 5.32 Å². The van der Waals surface area contributed by atoms with Gasteiger partial charge >= 0.3 is 0 Å². The Balaban J connectivity index is 2.58. The van der Waals surface area contributed by atoms with Gasteiger partial charge in [0.25, 0.3) is 0 Å². The lowest BCUT2D eigenvalue weighted by atomic mass is 10.0. The van der Waals surface area contributed by atoms with Crippen LogP contribution < -0.4 is 15.8 Å². The quantitative estimate of drug-likeness (QED) is 0.793. The molecule has 3 unspecified atom stereocenters. The van der Waals surface area contributed by atoms with E-state index >= 15 is 0 Å². The molecule has 3 nitrogen and oxygen atoms in total. The van der Waals surface area contributed by atoms with Crippen molar-refractivity contribution < 1.29 is 4.74 Å². The zero-order chi connectivity index (χ0) is 12.8. The number of methoxy groups -OCH3 is 1. The van der Waals surface area contributed by atoms with Crippen LogP contribution in [0, 0.1) is 0 Å². The fourth-order valence-electron chi connectivity index (χ4n) is 1.86. The van der Waals surface area contributed by atoms with E-state index in [2.05, 4.69) is 25.2 Å². The molecule has 0 saturated carbocycles. The Morgan fingerprint density at radius 3 is 2.47 bits per heavy atom. The van der Waals surface area contributed by atoms with Crippen LogP contribution in [0.5, 0.6) is 5.75 Å². The van der Waals surface area contributed by atoms with Gasteiger partial charge in [0, 0.05) is 18.1 Å². The first-order valence-corrected chi connectivity index (χ1v) is 6.18. The van der Waals surface area contributed by atoms with Gasteiger partial charge in [0.15, 0.2) is 0 Å². The fourth-order valence-corrected chi connectivity index (χ4v) is 1.86. The van der Waals surface area contributed by atoms with Crippen molar-refractivity contribution >= 4 is 0 Å². The molecule has 3 atom stereocenters. The largest absolute Gasteiger partial charge is 0.496 e. The van der Waals surface area contributed by atoms with Crippen molar-refractivity contribution in [3.05, 3.63) is 29.8 Å². The lowest BCUT2D eigenvalue weighted by Gasteiger charge is -2.23. The van der Waals surface area contributed by atoms with Gasteiger partial charge in [-0.05, 0) is 38.8 Å². The molecule has 17 heavy (non-hydrogen) atoms. The van der Waals surface area contributed by atoms with Crippen molar-refractivity contribution in [1.29, 1.82) is 0 Å². The molecular formula is C14H24N2O. The molecule has 0 aliphatic rings. The van der Waals surface area contributed by atoms with Crippen LogP contribution >= 0.6 is 0 Å². The standard InChI is InChI=1S/C14H24N2O/c1-10(16-12(3)11(2)15)9-13-7-5-6-8-14(13)17-4/h5-8,10-12,16H,9,15H2,1-4H3. The Kier molecular flexibility index (Phi) is 5.45. The molecule has 1 rings (SSSR count). The van der Waals surface area contributed by atoms with Crippen LogP contribution in [0.15, 0.2) is 24.3 Å². The average molecular weight is 236 g/mol. The maximum absolute atomic E-state index is 5.85. The van der Waals surface area contributed by atoms with Gasteiger partial charge < -0.3 is 15.8 Å². The lowest BCUT2D eigenvalue weighted by Crippen LogP contribution is -2.45. The fraction of sp³-hybridized carbons (Fsp3) is 0.571. The lowest BCUT2D eigenvalue weighted by molar-refractivity contribution is 0.395. The van der Waals surface area contributed by atoms with Gasteiger partial charge in [-0.15, -0.1) is 0 Å². The molecule has 0 bridgehead atoms. The van der Waals surface area contributed by atoms with Crippen LogP contribution in [-0.2, 0) is 6.42 Å². The van der Waals surface area contributed by atoms with E-state index in [-0.39, 0.29) is 6.04 Å². The van der Waals surface area contributed by atoms with Crippen LogP contribution in [0.2, 0.25) is 0 Å². The molecule has 96 valence electrons. The van der Waals surface area contributed by atoms with Crippen molar-refractivity contribution in [2.75, 3.05) is 7.11 Å². The zero-order valence-electron chi connectivity index (χ0n) is 11.2. The summed E-state index contributed by atoms with van der Waals surface area (Å²) >= 11 is 0. The smallest absolute Gasteiger partial charge is 0.122 e. The van der Waals surface area contributed by atoms with Crippen LogP contribution in [0.25, 0.3) is 0 Å². The van der Waals surface area contributed by atoms with E-state index in [9.17, 15) is 0 Å². The normalized spacial score (nSPS) is 16.3. The van der Waals surface area contributed by atoms with Crippen LogP contribution in [0.3, 0.4) is 0 Å². The van der Waals surface area contributed by atoms with E-state index in [1.54, 1.807) is 7.11 Å². The summed E-state index contributed by atoms with van der Waals surface area (Å²) in [6.07, 6.45) is 0.946. The Hall–Kier alpha value is -1.06. The van der Waals surface area contributed by atoms with Gasteiger partial charge in [-0.3, -0.25) is 0 Å². The summed E-state index contributed by atoms with van der Waals surface area (Å²) in [5.74, 6) is 0.953. The van der Waals surface area contributed by atoms with E-state index in [1.165, 1.54) is 5.56 Å². The number of rotatable bonds is 6. The maximum atomic E-state index is 5.85. The molecule has 1 aromatic rings. The molecule has 0 saturated heterocycles. The molecule has 0 aliphatic carbocycles. The zero-order valence-corrected chi connectivity index (χ0v) is 11.2. The van der Waals surface area contributed by atoms with E-state index in [4.69, 9.17) is 10.5 Å². The molecule has 0 aliphatic heterocycles. The first-order valence-electron chi connectivity index (χ1n) is 6.18. The Morgan fingerprint density at radius 1 is 1.24 bits per heavy atom. The maximum Gasteiger partial charge on any atom is 0.122 e. The van der Waals surface area contributed by atoms with Crippen LogP contribution in [0.1, 0.15) is 26.3 Å². The van der Waals surface area contributed by atoms with Gasteiger partial charge in [0.1, 0.15) is 5.75 Å². The summed E-state index contributed by atoms with van der Waals surface area (Å²) in [5.41, 5.74) is 7.08. The molecule has 3 heteroatoms. The Morgan fingerprint density at radius 2 is 1.88 bits per heavy atom. The minimum Gasteiger partial charge on any atom is -0.496 e. The Bertz CT molecular complexity index is 339.